The van der Waals surface area contributed by atoms with E-state index in [4.69, 9.17) is 5.73 Å². The van der Waals surface area contributed by atoms with E-state index in [0.717, 1.165) is 31.3 Å². The van der Waals surface area contributed by atoms with Crippen molar-refractivity contribution in [3.05, 3.63) is 35.1 Å². The molecular weight excluding hydrogens is 298 g/mol. The van der Waals surface area contributed by atoms with Crippen LogP contribution in [-0.2, 0) is 4.79 Å². The number of nitrogens with two attached hydrogens (primary N) is 1. The summed E-state index contributed by atoms with van der Waals surface area (Å²) in [6.45, 7) is 6.57. The van der Waals surface area contributed by atoms with E-state index in [1.165, 1.54) is 5.57 Å². The van der Waals surface area contributed by atoms with Gasteiger partial charge in [0.05, 0.1) is 11.8 Å². The molecule has 4 aliphatic rings. The third-order valence-corrected chi connectivity index (χ3v) is 7.80. The van der Waals surface area contributed by atoms with Gasteiger partial charge in [0.2, 0.25) is 0 Å². The fourth-order valence-corrected chi connectivity index (χ4v) is 6.43. The largest absolute Gasteiger partial charge is 0.396 e. The molecule has 3 nitrogen and oxygen atoms in total. The first-order valence-electron chi connectivity index (χ1n) is 9.39. The molecule has 3 heteroatoms. The van der Waals surface area contributed by atoms with Gasteiger partial charge in [-0.1, -0.05) is 32.1 Å². The smallest absolute Gasteiger partial charge is 0.178 e. The zero-order chi connectivity index (χ0) is 17.3. The van der Waals surface area contributed by atoms with Crippen molar-refractivity contribution in [3.63, 3.8) is 0 Å². The number of aliphatic hydroxyl groups excluding tert-OH is 1. The predicted octanol–water partition coefficient (Wildman–Crippen LogP) is 3.50. The molecule has 0 aromatic heterocycles. The molecule has 0 aliphatic heterocycles. The highest BCUT2D eigenvalue weighted by molar-refractivity contribution is 5.97. The number of rotatable bonds is 1. The zero-order valence-electron chi connectivity index (χ0n) is 15.0. The molecule has 0 amide bonds. The quantitative estimate of drug-likeness (QED) is 0.725. The van der Waals surface area contributed by atoms with Gasteiger partial charge in [0, 0.05) is 6.42 Å². The maximum atomic E-state index is 12.0. The third-order valence-electron chi connectivity index (χ3n) is 7.80. The van der Waals surface area contributed by atoms with Crippen molar-refractivity contribution in [2.24, 2.45) is 34.3 Å². The highest BCUT2D eigenvalue weighted by Crippen LogP contribution is 2.64. The van der Waals surface area contributed by atoms with E-state index in [1.807, 2.05) is 6.92 Å². The molecule has 0 heterocycles. The number of Topliss-reactive ketones (excluding diaryl/α,β-unsaturated/α-hetero) is 1. The van der Waals surface area contributed by atoms with Crippen LogP contribution in [0.3, 0.4) is 0 Å². The van der Waals surface area contributed by atoms with Gasteiger partial charge in [-0.05, 0) is 72.3 Å². The van der Waals surface area contributed by atoms with Gasteiger partial charge in [0.15, 0.2) is 5.78 Å². The predicted molar refractivity (Wildman–Crippen MR) is 94.9 cm³/mol. The first-order valence-corrected chi connectivity index (χ1v) is 9.39. The van der Waals surface area contributed by atoms with Gasteiger partial charge >= 0.3 is 0 Å². The number of carbonyl (C=O) groups is 1. The van der Waals surface area contributed by atoms with Crippen molar-refractivity contribution in [2.45, 2.75) is 59.0 Å². The minimum atomic E-state index is -0.349. The fraction of sp³-hybridized carbons (Fsp3) is 0.667. The van der Waals surface area contributed by atoms with Crippen LogP contribution in [-0.4, -0.2) is 17.0 Å². The highest BCUT2D eigenvalue weighted by Gasteiger charge is 2.56. The number of carbonyl (C=O) groups excluding carboxylic acids is 1. The molecule has 0 bridgehead atoms. The Kier molecular flexibility index (Phi) is 3.41. The summed E-state index contributed by atoms with van der Waals surface area (Å²) in [5, 5.41) is 10.2. The fourth-order valence-electron chi connectivity index (χ4n) is 6.43. The second kappa shape index (κ2) is 5.08. The average molecular weight is 327 g/mol. The summed E-state index contributed by atoms with van der Waals surface area (Å²) >= 11 is 0. The number of aliphatic hydroxyl groups is 1. The van der Waals surface area contributed by atoms with Crippen LogP contribution in [0.15, 0.2) is 35.1 Å². The van der Waals surface area contributed by atoms with Crippen molar-refractivity contribution >= 4 is 5.78 Å². The van der Waals surface area contributed by atoms with Gasteiger partial charge in [-0.2, -0.15) is 0 Å². The number of allylic oxidation sites excluding steroid dienone is 5. The lowest BCUT2D eigenvalue weighted by Crippen LogP contribution is -2.50. The van der Waals surface area contributed by atoms with E-state index in [2.05, 4.69) is 32.1 Å². The molecule has 4 aliphatic carbocycles. The summed E-state index contributed by atoms with van der Waals surface area (Å²) in [4.78, 5) is 12.0. The summed E-state index contributed by atoms with van der Waals surface area (Å²) in [7, 11) is 0. The van der Waals surface area contributed by atoms with E-state index >= 15 is 0 Å². The first-order chi connectivity index (χ1) is 11.3. The molecular formula is C21H29NO2. The zero-order valence-corrected chi connectivity index (χ0v) is 15.0. The van der Waals surface area contributed by atoms with Gasteiger partial charge in [-0.15, -0.1) is 0 Å². The van der Waals surface area contributed by atoms with Crippen molar-refractivity contribution in [2.75, 3.05) is 0 Å². The van der Waals surface area contributed by atoms with Crippen molar-refractivity contribution < 1.29 is 9.90 Å². The molecule has 24 heavy (non-hydrogen) atoms. The normalized spacial score (nSPS) is 45.4. The monoisotopic (exact) mass is 327 g/mol. The van der Waals surface area contributed by atoms with Gasteiger partial charge in [-0.3, -0.25) is 4.79 Å². The third kappa shape index (κ3) is 1.91. The Bertz CT molecular complexity index is 686. The highest BCUT2D eigenvalue weighted by atomic mass is 16.3. The Balaban J connectivity index is 1.75. The van der Waals surface area contributed by atoms with E-state index in [-0.39, 0.29) is 22.7 Å². The maximum Gasteiger partial charge on any atom is 0.178 e. The summed E-state index contributed by atoms with van der Waals surface area (Å²) in [6.07, 6.45) is 11.3. The topological polar surface area (TPSA) is 63.3 Å². The Morgan fingerprint density at radius 2 is 2.00 bits per heavy atom. The Labute approximate surface area is 144 Å². The van der Waals surface area contributed by atoms with E-state index in [1.54, 1.807) is 0 Å². The molecule has 0 unspecified atom stereocenters. The summed E-state index contributed by atoms with van der Waals surface area (Å²) in [6, 6.07) is 0. The van der Waals surface area contributed by atoms with Crippen molar-refractivity contribution in [1.29, 1.82) is 0 Å². The lowest BCUT2D eigenvalue weighted by Gasteiger charge is -2.56. The van der Waals surface area contributed by atoms with Gasteiger partial charge in [0.25, 0.3) is 0 Å². The standard InChI is InChI=1S/C21H29NO2/c1-12(23)14-6-7-15-13-4-5-17-19(22)18(24)9-11-21(17,3)16(13)8-10-20(14,15)2/h4-6,12-13,15-16,23H,7-11,22H2,1-3H3/t12-,13-,15-,16-,20+,21+/m0/s1. The van der Waals surface area contributed by atoms with Crippen LogP contribution in [0, 0.1) is 28.6 Å². The van der Waals surface area contributed by atoms with E-state index in [0.29, 0.717) is 29.9 Å². The van der Waals surface area contributed by atoms with Crippen LogP contribution in [0.5, 0.6) is 0 Å². The molecule has 0 aromatic rings. The minimum Gasteiger partial charge on any atom is -0.396 e. The summed E-state index contributed by atoms with van der Waals surface area (Å²) in [5.41, 5.74) is 9.15. The van der Waals surface area contributed by atoms with E-state index in [9.17, 15) is 9.90 Å². The number of hydrogen-bond acceptors (Lipinski definition) is 3. The lowest BCUT2D eigenvalue weighted by atomic mass is 9.48. The van der Waals surface area contributed by atoms with Crippen LogP contribution in [0.2, 0.25) is 0 Å². The second-order valence-electron chi connectivity index (χ2n) is 8.84. The maximum absolute atomic E-state index is 12.0. The molecule has 0 aromatic carbocycles. The molecule has 1 saturated carbocycles. The molecule has 1 fully saturated rings. The Morgan fingerprint density at radius 1 is 1.25 bits per heavy atom. The average Bonchev–Trinajstić information content (AvgIpc) is 2.89. The number of ketones is 1. The van der Waals surface area contributed by atoms with Crippen LogP contribution in [0.4, 0.5) is 0 Å². The Morgan fingerprint density at radius 3 is 2.71 bits per heavy atom. The summed E-state index contributed by atoms with van der Waals surface area (Å²) in [5.74, 6) is 1.76. The Hall–Kier alpha value is -1.35. The van der Waals surface area contributed by atoms with Gasteiger partial charge in [-0.25, -0.2) is 0 Å². The van der Waals surface area contributed by atoms with Crippen LogP contribution in [0.1, 0.15) is 52.9 Å². The molecule has 0 radical (unpaired) electrons. The molecule has 0 saturated heterocycles. The van der Waals surface area contributed by atoms with Crippen LogP contribution in [0.25, 0.3) is 0 Å². The van der Waals surface area contributed by atoms with Crippen molar-refractivity contribution in [3.8, 4) is 0 Å². The lowest BCUT2D eigenvalue weighted by molar-refractivity contribution is -0.117. The van der Waals surface area contributed by atoms with Crippen molar-refractivity contribution in [1.82, 2.24) is 0 Å². The molecule has 4 rings (SSSR count). The summed E-state index contributed by atoms with van der Waals surface area (Å²) < 4.78 is 0. The van der Waals surface area contributed by atoms with Crippen LogP contribution < -0.4 is 5.73 Å². The molecule has 6 atom stereocenters. The first kappa shape index (κ1) is 16.1. The number of hydrogen-bond donors (Lipinski definition) is 2. The van der Waals surface area contributed by atoms with Gasteiger partial charge in [0.1, 0.15) is 0 Å². The van der Waals surface area contributed by atoms with Gasteiger partial charge < -0.3 is 10.8 Å². The molecule has 130 valence electrons. The molecule has 3 N–H and O–H groups in total. The SMILES string of the molecule is C[C@H](O)C1=CC[C@H]2[C@@H]3C=CC4=C(N)C(=O)CC[C@]4(C)[C@H]3CC[C@]12C. The van der Waals surface area contributed by atoms with E-state index < -0.39 is 0 Å². The second-order valence-corrected chi connectivity index (χ2v) is 8.84. The van der Waals surface area contributed by atoms with Crippen LogP contribution >= 0.6 is 0 Å². The molecule has 0 spiro atoms. The minimum absolute atomic E-state index is 0.0341. The number of fused-ring (bicyclic) bond motifs is 5.